The summed E-state index contributed by atoms with van der Waals surface area (Å²) in [4.78, 5) is 8.55. The second-order valence-electron chi connectivity index (χ2n) is 8.30. The molecule has 158 valence electrons. The molecular weight excluding hydrogens is 395 g/mol. The van der Waals surface area contributed by atoms with Crippen molar-refractivity contribution in [2.75, 3.05) is 31.1 Å². The number of hydrogen-bond acceptors (Lipinski definition) is 5. The number of nitrogens with two attached hydrogens (primary N) is 1. The van der Waals surface area contributed by atoms with Crippen LogP contribution in [0.1, 0.15) is 36.8 Å². The van der Waals surface area contributed by atoms with E-state index in [9.17, 15) is 4.39 Å². The van der Waals surface area contributed by atoms with E-state index < -0.39 is 0 Å². The summed E-state index contributed by atoms with van der Waals surface area (Å²) in [6.07, 6.45) is 7.20. The minimum atomic E-state index is -0.190. The van der Waals surface area contributed by atoms with Crippen molar-refractivity contribution in [3.05, 3.63) is 65.6 Å². The van der Waals surface area contributed by atoms with Crippen LogP contribution >= 0.6 is 11.8 Å². The first-order valence-corrected chi connectivity index (χ1v) is 11.9. The number of nitrogens with zero attached hydrogens (tertiary/aromatic N) is 3. The summed E-state index contributed by atoms with van der Waals surface area (Å²) in [5, 5.41) is 0. The molecule has 5 rings (SSSR count). The molecule has 3 aliphatic heterocycles. The van der Waals surface area contributed by atoms with Crippen molar-refractivity contribution in [2.45, 2.75) is 42.6 Å². The van der Waals surface area contributed by atoms with Crippen LogP contribution in [-0.2, 0) is 6.54 Å². The Kier molecular flexibility index (Phi) is 5.72. The molecular formula is C24H29FN4S. The number of anilines is 1. The number of rotatable bonds is 6. The zero-order chi connectivity index (χ0) is 20.5. The summed E-state index contributed by atoms with van der Waals surface area (Å²) < 4.78 is 15.0. The second-order valence-corrected chi connectivity index (χ2v) is 9.40. The van der Waals surface area contributed by atoms with E-state index in [2.05, 4.69) is 45.2 Å². The predicted molar refractivity (Wildman–Crippen MR) is 122 cm³/mol. The van der Waals surface area contributed by atoms with Crippen LogP contribution in [0, 0.1) is 5.82 Å². The lowest BCUT2D eigenvalue weighted by molar-refractivity contribution is 0.217. The van der Waals surface area contributed by atoms with Gasteiger partial charge in [0.15, 0.2) is 5.50 Å². The Bertz CT molecular complexity index is 941. The Morgan fingerprint density at radius 3 is 2.67 bits per heavy atom. The molecule has 30 heavy (non-hydrogen) atoms. The van der Waals surface area contributed by atoms with Gasteiger partial charge in [0.1, 0.15) is 5.82 Å². The van der Waals surface area contributed by atoms with Crippen LogP contribution in [0.2, 0.25) is 0 Å². The first-order chi connectivity index (χ1) is 14.7. The van der Waals surface area contributed by atoms with Gasteiger partial charge in [0.2, 0.25) is 0 Å². The highest BCUT2D eigenvalue weighted by atomic mass is 32.2. The smallest absolute Gasteiger partial charge is 0.159 e. The third kappa shape index (κ3) is 3.72. The molecule has 0 spiro atoms. The van der Waals surface area contributed by atoms with Crippen LogP contribution in [0.25, 0.3) is 5.70 Å². The average molecular weight is 425 g/mol. The van der Waals surface area contributed by atoms with E-state index in [1.54, 1.807) is 6.07 Å². The maximum Gasteiger partial charge on any atom is 0.159 e. The van der Waals surface area contributed by atoms with Crippen LogP contribution in [0.3, 0.4) is 0 Å². The van der Waals surface area contributed by atoms with Crippen molar-refractivity contribution in [3.8, 4) is 0 Å². The Hall–Kier alpha value is -2.02. The molecule has 0 amide bonds. The summed E-state index contributed by atoms with van der Waals surface area (Å²) in [5.41, 5.74) is 9.54. The molecule has 1 atom stereocenters. The summed E-state index contributed by atoms with van der Waals surface area (Å²) in [7, 11) is 0. The van der Waals surface area contributed by atoms with Crippen LogP contribution in [0.15, 0.2) is 53.6 Å². The number of thioether (sulfide) groups is 1. The molecule has 0 aromatic heterocycles. The lowest BCUT2D eigenvalue weighted by atomic mass is 10.1. The van der Waals surface area contributed by atoms with E-state index in [0.717, 1.165) is 30.8 Å². The van der Waals surface area contributed by atoms with Gasteiger partial charge in [-0.25, -0.2) is 4.39 Å². The zero-order valence-electron chi connectivity index (χ0n) is 17.3. The van der Waals surface area contributed by atoms with E-state index in [1.165, 1.54) is 42.9 Å². The monoisotopic (exact) mass is 424 g/mol. The van der Waals surface area contributed by atoms with E-state index in [-0.39, 0.29) is 11.3 Å². The molecule has 3 heterocycles. The van der Waals surface area contributed by atoms with Crippen molar-refractivity contribution in [1.29, 1.82) is 0 Å². The van der Waals surface area contributed by atoms with Gasteiger partial charge in [-0.2, -0.15) is 0 Å². The molecule has 2 aromatic rings. The van der Waals surface area contributed by atoms with E-state index >= 15 is 0 Å². The lowest BCUT2D eigenvalue weighted by Gasteiger charge is -2.31. The molecule has 2 aromatic carbocycles. The molecule has 1 unspecified atom stereocenters. The van der Waals surface area contributed by atoms with Gasteiger partial charge in [-0.1, -0.05) is 36.4 Å². The molecule has 0 radical (unpaired) electrons. The van der Waals surface area contributed by atoms with Gasteiger partial charge in [-0.3, -0.25) is 0 Å². The van der Waals surface area contributed by atoms with Gasteiger partial charge < -0.3 is 20.4 Å². The summed E-state index contributed by atoms with van der Waals surface area (Å²) in [5.74, 6) is -0.190. The lowest BCUT2D eigenvalue weighted by Crippen LogP contribution is -2.37. The highest BCUT2D eigenvalue weighted by molar-refractivity contribution is 8.00. The molecule has 2 N–H and O–H groups in total. The highest BCUT2D eigenvalue weighted by Crippen LogP contribution is 2.50. The SMILES string of the molecule is NCc1ccc(C2=CN3c4ccccc4SC3N2CCCN2CCCCC2)c(F)c1. The van der Waals surface area contributed by atoms with Crippen molar-refractivity contribution in [2.24, 2.45) is 5.73 Å². The molecule has 0 bridgehead atoms. The third-order valence-electron chi connectivity index (χ3n) is 6.32. The molecule has 0 aliphatic carbocycles. The molecule has 1 fully saturated rings. The zero-order valence-corrected chi connectivity index (χ0v) is 18.1. The Morgan fingerprint density at radius 2 is 1.87 bits per heavy atom. The first kappa shape index (κ1) is 19.9. The summed E-state index contributed by atoms with van der Waals surface area (Å²) in [6.45, 7) is 4.82. The largest absolute Gasteiger partial charge is 0.340 e. The Morgan fingerprint density at radius 1 is 1.03 bits per heavy atom. The minimum absolute atomic E-state index is 0.160. The van der Waals surface area contributed by atoms with Crippen LogP contribution < -0.4 is 10.6 Å². The molecule has 1 saturated heterocycles. The molecule has 4 nitrogen and oxygen atoms in total. The Labute approximate surface area is 182 Å². The number of fused-ring (bicyclic) bond motifs is 3. The fourth-order valence-electron chi connectivity index (χ4n) is 4.73. The maximum atomic E-state index is 15.0. The van der Waals surface area contributed by atoms with Crippen LogP contribution in [0.4, 0.5) is 10.1 Å². The van der Waals surface area contributed by atoms with Gasteiger partial charge in [-0.15, -0.1) is 0 Å². The summed E-state index contributed by atoms with van der Waals surface area (Å²) >= 11 is 1.86. The fraction of sp³-hybridized carbons (Fsp3) is 0.417. The normalized spacial score (nSPS) is 21.0. The number of para-hydroxylation sites is 1. The van der Waals surface area contributed by atoms with Crippen LogP contribution in [-0.4, -0.2) is 41.5 Å². The Balaban J connectivity index is 1.40. The number of likely N-dealkylation sites (tertiary alicyclic amines) is 1. The molecule has 0 saturated carbocycles. The van der Waals surface area contributed by atoms with Crippen LogP contribution in [0.5, 0.6) is 0 Å². The predicted octanol–water partition coefficient (Wildman–Crippen LogP) is 4.67. The van der Waals surface area contributed by atoms with E-state index in [4.69, 9.17) is 5.73 Å². The standard InChI is InChI=1S/C24H29FN4S/c25-20-15-18(16-26)9-10-19(20)22-17-29-21-7-2-3-8-23(21)30-24(29)28(22)14-6-13-27-11-4-1-5-12-27/h2-3,7-10,15,17,24H,1,4-6,11-14,16,26H2. The third-order valence-corrected chi connectivity index (χ3v) is 7.61. The number of piperidine rings is 1. The summed E-state index contributed by atoms with van der Waals surface area (Å²) in [6, 6.07) is 13.9. The average Bonchev–Trinajstić information content (AvgIpc) is 3.31. The van der Waals surface area contributed by atoms with Gasteiger partial charge in [0.25, 0.3) is 0 Å². The first-order valence-electron chi connectivity index (χ1n) is 11.0. The van der Waals surface area contributed by atoms with E-state index in [1.807, 2.05) is 23.9 Å². The second kappa shape index (κ2) is 8.61. The van der Waals surface area contributed by atoms with Crippen molar-refractivity contribution in [1.82, 2.24) is 9.80 Å². The minimum Gasteiger partial charge on any atom is -0.340 e. The van der Waals surface area contributed by atoms with Gasteiger partial charge in [0, 0.05) is 29.7 Å². The van der Waals surface area contributed by atoms with E-state index in [0.29, 0.717) is 12.1 Å². The number of halogens is 1. The number of hydrogen-bond donors (Lipinski definition) is 1. The number of benzene rings is 2. The topological polar surface area (TPSA) is 35.7 Å². The fourth-order valence-corrected chi connectivity index (χ4v) is 6.04. The highest BCUT2D eigenvalue weighted by Gasteiger charge is 2.40. The quantitative estimate of drug-likeness (QED) is 0.729. The van der Waals surface area contributed by atoms with Gasteiger partial charge in [0.05, 0.1) is 11.4 Å². The van der Waals surface area contributed by atoms with Crippen molar-refractivity contribution >= 4 is 23.1 Å². The molecule has 3 aliphatic rings. The van der Waals surface area contributed by atoms with Crippen molar-refractivity contribution < 1.29 is 4.39 Å². The van der Waals surface area contributed by atoms with Crippen molar-refractivity contribution in [3.63, 3.8) is 0 Å². The van der Waals surface area contributed by atoms with Gasteiger partial charge in [-0.05, 0) is 68.7 Å². The maximum absolute atomic E-state index is 15.0. The molecule has 6 heteroatoms. The van der Waals surface area contributed by atoms with Gasteiger partial charge >= 0.3 is 0 Å².